The number of methoxy groups -OCH3 is 1. The van der Waals surface area contributed by atoms with Gasteiger partial charge in [-0.3, -0.25) is 9.69 Å². The quantitative estimate of drug-likeness (QED) is 0.651. The molecular formula is C22H35NO3. The highest BCUT2D eigenvalue weighted by Crippen LogP contribution is 2.41. The molecule has 4 heteroatoms. The fraction of sp³-hybridized carbons (Fsp3) is 0.682. The molecule has 4 nitrogen and oxygen atoms in total. The molecule has 0 bridgehead atoms. The monoisotopic (exact) mass is 361 g/mol. The number of hydrogen-bond acceptors (Lipinski definition) is 4. The van der Waals surface area contributed by atoms with Gasteiger partial charge in [-0.15, -0.1) is 0 Å². The Balaban J connectivity index is 2.07. The van der Waals surface area contributed by atoms with Gasteiger partial charge in [-0.2, -0.15) is 0 Å². The van der Waals surface area contributed by atoms with Crippen molar-refractivity contribution < 1.29 is 14.3 Å². The van der Waals surface area contributed by atoms with E-state index in [1.54, 1.807) is 7.11 Å². The van der Waals surface area contributed by atoms with Crippen molar-refractivity contribution in [3.63, 3.8) is 0 Å². The van der Waals surface area contributed by atoms with Crippen LogP contribution in [0, 0.1) is 0 Å². The molecule has 26 heavy (non-hydrogen) atoms. The highest BCUT2D eigenvalue weighted by Gasteiger charge is 2.44. The summed E-state index contributed by atoms with van der Waals surface area (Å²) >= 11 is 0. The summed E-state index contributed by atoms with van der Waals surface area (Å²) in [6.45, 7) is 9.93. The second kappa shape index (κ2) is 9.52. The number of hydrogen-bond donors (Lipinski definition) is 0. The lowest BCUT2D eigenvalue weighted by Gasteiger charge is -2.38. The Morgan fingerprint density at radius 2 is 1.69 bits per heavy atom. The van der Waals surface area contributed by atoms with Gasteiger partial charge in [-0.25, -0.2) is 0 Å². The third-order valence-corrected chi connectivity index (χ3v) is 5.75. The van der Waals surface area contributed by atoms with Crippen molar-refractivity contribution in [1.82, 2.24) is 4.90 Å². The third-order valence-electron chi connectivity index (χ3n) is 5.75. The summed E-state index contributed by atoms with van der Waals surface area (Å²) < 4.78 is 11.3. The predicted octanol–water partition coefficient (Wildman–Crippen LogP) is 4.18. The van der Waals surface area contributed by atoms with Crippen LogP contribution in [-0.2, 0) is 19.7 Å². The van der Waals surface area contributed by atoms with Gasteiger partial charge >= 0.3 is 5.97 Å². The summed E-state index contributed by atoms with van der Waals surface area (Å²) in [5.41, 5.74) is 0.542. The first kappa shape index (κ1) is 20.9. The Kier molecular flexibility index (Phi) is 7.66. The van der Waals surface area contributed by atoms with E-state index in [0.717, 1.165) is 37.8 Å². The maximum Gasteiger partial charge on any atom is 0.316 e. The van der Waals surface area contributed by atoms with Crippen molar-refractivity contribution in [2.24, 2.45) is 0 Å². The van der Waals surface area contributed by atoms with Crippen LogP contribution in [-0.4, -0.2) is 49.3 Å². The van der Waals surface area contributed by atoms with E-state index in [0.29, 0.717) is 18.7 Å². The van der Waals surface area contributed by atoms with Crippen molar-refractivity contribution in [3.8, 4) is 0 Å². The smallest absolute Gasteiger partial charge is 0.316 e. The molecule has 0 radical (unpaired) electrons. The first-order valence-corrected chi connectivity index (χ1v) is 9.92. The Labute approximate surface area is 158 Å². The van der Waals surface area contributed by atoms with Gasteiger partial charge in [0.05, 0.1) is 11.5 Å². The van der Waals surface area contributed by atoms with Crippen LogP contribution in [0.5, 0.6) is 0 Å². The molecule has 0 unspecified atom stereocenters. The molecule has 1 aromatic carbocycles. The number of esters is 1. The fourth-order valence-electron chi connectivity index (χ4n) is 4.18. The van der Waals surface area contributed by atoms with Gasteiger partial charge in [-0.1, -0.05) is 30.3 Å². The second-order valence-electron chi connectivity index (χ2n) is 7.94. The van der Waals surface area contributed by atoms with Gasteiger partial charge in [-0.05, 0) is 58.9 Å². The molecule has 1 aliphatic rings. The molecule has 0 spiro atoms. The number of rotatable bonds is 8. The highest BCUT2D eigenvalue weighted by atomic mass is 16.5. The van der Waals surface area contributed by atoms with E-state index in [-0.39, 0.29) is 12.1 Å². The first-order valence-electron chi connectivity index (χ1n) is 9.92. The van der Waals surface area contributed by atoms with Crippen LogP contribution in [0.25, 0.3) is 0 Å². The van der Waals surface area contributed by atoms with E-state index in [4.69, 9.17) is 9.47 Å². The lowest BCUT2D eigenvalue weighted by atomic mass is 9.68. The standard InChI is InChI=1S/C22H35NO3/c1-17(2)23(18(3)4)15-16-26-21(24)22(19-9-7-6-8-10-19)13-11-20(25-5)12-14-22/h6-10,17-18,20H,11-16H2,1-5H3. The second-order valence-corrected chi connectivity index (χ2v) is 7.94. The maximum atomic E-state index is 13.2. The van der Waals surface area contributed by atoms with Gasteiger partial charge in [0.1, 0.15) is 6.61 Å². The molecule has 1 fully saturated rings. The van der Waals surface area contributed by atoms with Gasteiger partial charge < -0.3 is 9.47 Å². The summed E-state index contributed by atoms with van der Waals surface area (Å²) in [4.78, 5) is 15.5. The largest absolute Gasteiger partial charge is 0.464 e. The van der Waals surface area contributed by atoms with E-state index in [2.05, 4.69) is 44.7 Å². The molecule has 146 valence electrons. The zero-order chi connectivity index (χ0) is 19.2. The summed E-state index contributed by atoms with van der Waals surface area (Å²) in [6, 6.07) is 11.0. The Morgan fingerprint density at radius 1 is 1.12 bits per heavy atom. The summed E-state index contributed by atoms with van der Waals surface area (Å²) in [7, 11) is 1.75. The van der Waals surface area contributed by atoms with Crippen LogP contribution < -0.4 is 0 Å². The average Bonchev–Trinajstić information content (AvgIpc) is 2.65. The van der Waals surface area contributed by atoms with Crippen LogP contribution in [0.15, 0.2) is 30.3 Å². The number of carbonyl (C=O) groups excluding carboxylic acids is 1. The van der Waals surface area contributed by atoms with Gasteiger partial charge in [0.25, 0.3) is 0 Å². The molecule has 2 rings (SSSR count). The summed E-state index contributed by atoms with van der Waals surface area (Å²) in [5.74, 6) is -0.0780. The number of ether oxygens (including phenoxy) is 2. The Bertz CT molecular complexity index is 540. The lowest BCUT2D eigenvalue weighted by molar-refractivity contribution is -0.154. The average molecular weight is 362 g/mol. The van der Waals surface area contributed by atoms with Crippen molar-refractivity contribution in [3.05, 3.63) is 35.9 Å². The zero-order valence-corrected chi connectivity index (χ0v) is 17.0. The van der Waals surface area contributed by atoms with E-state index in [1.165, 1.54) is 0 Å². The van der Waals surface area contributed by atoms with E-state index in [9.17, 15) is 4.79 Å². The van der Waals surface area contributed by atoms with Crippen molar-refractivity contribution in [1.29, 1.82) is 0 Å². The molecular weight excluding hydrogens is 326 g/mol. The highest BCUT2D eigenvalue weighted by molar-refractivity contribution is 5.83. The minimum absolute atomic E-state index is 0.0780. The van der Waals surface area contributed by atoms with Crippen molar-refractivity contribution in [2.75, 3.05) is 20.3 Å². The molecule has 0 atom stereocenters. The van der Waals surface area contributed by atoms with Crippen LogP contribution in [0.4, 0.5) is 0 Å². The molecule has 0 aromatic heterocycles. The van der Waals surface area contributed by atoms with Gasteiger partial charge in [0.15, 0.2) is 0 Å². The minimum Gasteiger partial charge on any atom is -0.464 e. The Morgan fingerprint density at radius 3 is 2.19 bits per heavy atom. The molecule has 0 aliphatic heterocycles. The number of benzene rings is 1. The van der Waals surface area contributed by atoms with E-state index < -0.39 is 5.41 Å². The normalized spacial score (nSPS) is 23.6. The molecule has 0 heterocycles. The number of carbonyl (C=O) groups is 1. The molecule has 0 saturated heterocycles. The summed E-state index contributed by atoms with van der Waals surface area (Å²) in [6.07, 6.45) is 3.60. The fourth-order valence-corrected chi connectivity index (χ4v) is 4.18. The van der Waals surface area contributed by atoms with Crippen molar-refractivity contribution in [2.45, 2.75) is 77.0 Å². The maximum absolute atomic E-state index is 13.2. The molecule has 1 aromatic rings. The summed E-state index contributed by atoms with van der Waals surface area (Å²) in [5, 5.41) is 0. The molecule has 0 N–H and O–H groups in total. The van der Waals surface area contributed by atoms with E-state index >= 15 is 0 Å². The van der Waals surface area contributed by atoms with Crippen LogP contribution in [0.2, 0.25) is 0 Å². The molecule has 1 aliphatic carbocycles. The van der Waals surface area contributed by atoms with Crippen LogP contribution in [0.1, 0.15) is 58.9 Å². The van der Waals surface area contributed by atoms with Gasteiger partial charge in [0.2, 0.25) is 0 Å². The third kappa shape index (κ3) is 4.86. The Hall–Kier alpha value is -1.39. The zero-order valence-electron chi connectivity index (χ0n) is 17.0. The van der Waals surface area contributed by atoms with E-state index in [1.807, 2.05) is 18.2 Å². The van der Waals surface area contributed by atoms with Crippen LogP contribution in [0.3, 0.4) is 0 Å². The SMILES string of the molecule is COC1CCC(C(=O)OCCN(C(C)C)C(C)C)(c2ccccc2)CC1. The topological polar surface area (TPSA) is 38.8 Å². The molecule has 0 amide bonds. The first-order chi connectivity index (χ1) is 12.4. The minimum atomic E-state index is -0.531. The molecule has 1 saturated carbocycles. The number of nitrogens with zero attached hydrogens (tertiary/aromatic N) is 1. The van der Waals surface area contributed by atoms with Crippen LogP contribution >= 0.6 is 0 Å². The lowest BCUT2D eigenvalue weighted by Crippen LogP contribution is -2.44. The van der Waals surface area contributed by atoms with Crippen molar-refractivity contribution >= 4 is 5.97 Å². The van der Waals surface area contributed by atoms with Gasteiger partial charge in [0, 0.05) is 25.7 Å². The predicted molar refractivity (Wildman–Crippen MR) is 105 cm³/mol.